The van der Waals surface area contributed by atoms with Crippen molar-refractivity contribution in [1.82, 2.24) is 5.32 Å². The van der Waals surface area contributed by atoms with Gasteiger partial charge in [-0.3, -0.25) is 14.9 Å². The molecular weight excluding hydrogens is 292 g/mol. The molecule has 0 fully saturated rings. The van der Waals surface area contributed by atoms with E-state index in [1.807, 2.05) is 38.1 Å². The third-order valence-corrected chi connectivity index (χ3v) is 3.44. The zero-order chi connectivity index (χ0) is 16.8. The van der Waals surface area contributed by atoms with Crippen molar-refractivity contribution in [3.63, 3.8) is 0 Å². The van der Waals surface area contributed by atoms with Gasteiger partial charge in [-0.2, -0.15) is 0 Å². The molecule has 5 heteroatoms. The second-order valence-corrected chi connectivity index (χ2v) is 5.33. The zero-order valence-electron chi connectivity index (χ0n) is 13.0. The molecule has 1 atom stereocenters. The molecule has 118 valence electrons. The van der Waals surface area contributed by atoms with Gasteiger partial charge in [-0.15, -0.1) is 0 Å². The molecule has 5 nitrogen and oxygen atoms in total. The topological polar surface area (TPSA) is 72.2 Å². The lowest BCUT2D eigenvalue weighted by Crippen LogP contribution is -2.24. The number of benzene rings is 2. The van der Waals surface area contributed by atoms with Gasteiger partial charge in [0.05, 0.1) is 11.0 Å². The number of non-ortho nitro benzene ring substituents is 1. The minimum absolute atomic E-state index is 0.000539. The van der Waals surface area contributed by atoms with Crippen LogP contribution in [0.25, 0.3) is 6.08 Å². The Bertz CT molecular complexity index is 736. The number of nitro benzene ring substituents is 1. The monoisotopic (exact) mass is 310 g/mol. The van der Waals surface area contributed by atoms with Crippen LogP contribution < -0.4 is 5.32 Å². The maximum absolute atomic E-state index is 12.0. The summed E-state index contributed by atoms with van der Waals surface area (Å²) in [6, 6.07) is 14.0. The van der Waals surface area contributed by atoms with Crippen molar-refractivity contribution in [2.75, 3.05) is 0 Å². The molecule has 0 aliphatic carbocycles. The Balaban J connectivity index is 2.00. The standard InChI is InChI=1S/C18H18N2O3/c1-13-6-9-16(10-7-13)14(2)19-18(21)11-8-15-4-3-5-17(12-15)20(22)23/h3-12,14H,1-2H3,(H,19,21)/b11-8+/t14-/m1/s1. The van der Waals surface area contributed by atoms with E-state index in [1.165, 1.54) is 18.2 Å². The Kier molecular flexibility index (Phi) is 5.25. The molecule has 0 aliphatic rings. The predicted molar refractivity (Wildman–Crippen MR) is 89.9 cm³/mol. The van der Waals surface area contributed by atoms with Crippen molar-refractivity contribution in [1.29, 1.82) is 0 Å². The number of nitrogens with zero attached hydrogens (tertiary/aromatic N) is 1. The van der Waals surface area contributed by atoms with Crippen molar-refractivity contribution in [3.05, 3.63) is 81.4 Å². The number of amides is 1. The number of nitro groups is 1. The van der Waals surface area contributed by atoms with Crippen molar-refractivity contribution < 1.29 is 9.72 Å². The summed E-state index contributed by atoms with van der Waals surface area (Å²) in [6.45, 7) is 3.92. The first-order valence-corrected chi connectivity index (χ1v) is 7.25. The highest BCUT2D eigenvalue weighted by molar-refractivity contribution is 5.92. The van der Waals surface area contributed by atoms with Crippen molar-refractivity contribution >= 4 is 17.7 Å². The van der Waals surface area contributed by atoms with E-state index < -0.39 is 4.92 Å². The van der Waals surface area contributed by atoms with Crippen LogP contribution >= 0.6 is 0 Å². The van der Waals surface area contributed by atoms with Gasteiger partial charge < -0.3 is 5.32 Å². The third-order valence-electron chi connectivity index (χ3n) is 3.44. The Morgan fingerprint density at radius 1 is 1.22 bits per heavy atom. The van der Waals surface area contributed by atoms with Gasteiger partial charge in [-0.25, -0.2) is 0 Å². The quantitative estimate of drug-likeness (QED) is 0.519. The van der Waals surface area contributed by atoms with E-state index in [9.17, 15) is 14.9 Å². The van der Waals surface area contributed by atoms with Gasteiger partial charge in [0.25, 0.3) is 5.69 Å². The highest BCUT2D eigenvalue weighted by Gasteiger charge is 2.07. The summed E-state index contributed by atoms with van der Waals surface area (Å²) >= 11 is 0. The highest BCUT2D eigenvalue weighted by Crippen LogP contribution is 2.15. The Morgan fingerprint density at radius 3 is 2.57 bits per heavy atom. The van der Waals surface area contributed by atoms with Crippen LogP contribution in [0.1, 0.15) is 29.7 Å². The van der Waals surface area contributed by atoms with Gasteiger partial charge in [0.1, 0.15) is 0 Å². The normalized spacial score (nSPS) is 12.1. The Labute approximate surface area is 134 Å². The summed E-state index contributed by atoms with van der Waals surface area (Å²) in [4.78, 5) is 22.2. The smallest absolute Gasteiger partial charge is 0.270 e. The van der Waals surface area contributed by atoms with Gasteiger partial charge in [0.15, 0.2) is 0 Å². The second-order valence-electron chi connectivity index (χ2n) is 5.33. The van der Waals surface area contributed by atoms with Crippen LogP contribution in [0.3, 0.4) is 0 Å². The van der Waals surface area contributed by atoms with Crippen LogP contribution in [-0.4, -0.2) is 10.8 Å². The van der Waals surface area contributed by atoms with Crippen LogP contribution in [0, 0.1) is 17.0 Å². The van der Waals surface area contributed by atoms with E-state index in [0.717, 1.165) is 11.1 Å². The minimum Gasteiger partial charge on any atom is -0.346 e. The fourth-order valence-corrected chi connectivity index (χ4v) is 2.11. The van der Waals surface area contributed by atoms with E-state index in [-0.39, 0.29) is 17.6 Å². The molecule has 0 bridgehead atoms. The van der Waals surface area contributed by atoms with Crippen LogP contribution in [0.2, 0.25) is 0 Å². The molecule has 0 saturated heterocycles. The summed E-state index contributed by atoms with van der Waals surface area (Å²) in [5.41, 5.74) is 2.79. The number of carbonyl (C=O) groups is 1. The highest BCUT2D eigenvalue weighted by atomic mass is 16.6. The van der Waals surface area contributed by atoms with Gasteiger partial charge in [-0.1, -0.05) is 42.0 Å². The predicted octanol–water partition coefficient (Wildman–Crippen LogP) is 3.79. The summed E-state index contributed by atoms with van der Waals surface area (Å²) in [5, 5.41) is 13.6. The number of rotatable bonds is 5. The number of carbonyl (C=O) groups excluding carboxylic acids is 1. The van der Waals surface area contributed by atoms with Crippen molar-refractivity contribution in [2.45, 2.75) is 19.9 Å². The average molecular weight is 310 g/mol. The van der Waals surface area contributed by atoms with Gasteiger partial charge in [-0.05, 0) is 31.1 Å². The molecule has 1 amide bonds. The lowest BCUT2D eigenvalue weighted by atomic mass is 10.1. The first-order chi connectivity index (χ1) is 11.0. The molecule has 2 rings (SSSR count). The average Bonchev–Trinajstić information content (AvgIpc) is 2.53. The van der Waals surface area contributed by atoms with Gasteiger partial charge in [0.2, 0.25) is 5.91 Å². The molecule has 0 spiro atoms. The molecule has 0 aromatic heterocycles. The summed E-state index contributed by atoms with van der Waals surface area (Å²) < 4.78 is 0. The fraction of sp³-hybridized carbons (Fsp3) is 0.167. The first-order valence-electron chi connectivity index (χ1n) is 7.25. The molecule has 2 aromatic rings. The maximum Gasteiger partial charge on any atom is 0.270 e. The van der Waals surface area contributed by atoms with Gasteiger partial charge >= 0.3 is 0 Å². The summed E-state index contributed by atoms with van der Waals surface area (Å²) in [7, 11) is 0. The third kappa shape index (κ3) is 4.78. The minimum atomic E-state index is -0.461. The van der Waals surface area contributed by atoms with Crippen LogP contribution in [0.5, 0.6) is 0 Å². The maximum atomic E-state index is 12.0. The van der Waals surface area contributed by atoms with E-state index >= 15 is 0 Å². The van der Waals surface area contributed by atoms with Crippen molar-refractivity contribution in [3.8, 4) is 0 Å². The zero-order valence-corrected chi connectivity index (χ0v) is 13.0. The molecule has 0 saturated carbocycles. The molecular formula is C18H18N2O3. The summed E-state index contributed by atoms with van der Waals surface area (Å²) in [6.07, 6.45) is 2.94. The van der Waals surface area contributed by atoms with Crippen LogP contribution in [-0.2, 0) is 4.79 Å². The van der Waals surface area contributed by atoms with Crippen molar-refractivity contribution in [2.24, 2.45) is 0 Å². The van der Waals surface area contributed by atoms with Crippen LogP contribution in [0.4, 0.5) is 5.69 Å². The number of hydrogen-bond acceptors (Lipinski definition) is 3. The number of aryl methyl sites for hydroxylation is 1. The van der Waals surface area contributed by atoms with E-state index in [4.69, 9.17) is 0 Å². The van der Waals surface area contributed by atoms with Gasteiger partial charge in [0, 0.05) is 18.2 Å². The molecule has 0 unspecified atom stereocenters. The second kappa shape index (κ2) is 7.35. The van der Waals surface area contributed by atoms with Crippen LogP contribution in [0.15, 0.2) is 54.6 Å². The molecule has 0 aliphatic heterocycles. The van der Waals surface area contributed by atoms with E-state index in [2.05, 4.69) is 5.32 Å². The molecule has 1 N–H and O–H groups in total. The summed E-state index contributed by atoms with van der Waals surface area (Å²) in [5.74, 6) is -0.246. The number of nitrogens with one attached hydrogen (secondary N) is 1. The Morgan fingerprint density at radius 2 is 1.91 bits per heavy atom. The molecule has 0 radical (unpaired) electrons. The fourth-order valence-electron chi connectivity index (χ4n) is 2.11. The van der Waals surface area contributed by atoms with E-state index in [0.29, 0.717) is 5.56 Å². The molecule has 0 heterocycles. The lowest BCUT2D eigenvalue weighted by Gasteiger charge is -2.13. The Hall–Kier alpha value is -2.95. The SMILES string of the molecule is Cc1ccc([C@@H](C)NC(=O)/C=C/c2cccc([N+](=O)[O-])c2)cc1. The molecule has 23 heavy (non-hydrogen) atoms. The molecule has 2 aromatic carbocycles. The number of hydrogen-bond donors (Lipinski definition) is 1. The largest absolute Gasteiger partial charge is 0.346 e. The lowest BCUT2D eigenvalue weighted by molar-refractivity contribution is -0.384. The van der Waals surface area contributed by atoms with E-state index in [1.54, 1.807) is 18.2 Å². The first kappa shape index (κ1) is 16.4.